The molecule has 7 nitrogen and oxygen atoms in total. The Morgan fingerprint density at radius 3 is 2.62 bits per heavy atom. The summed E-state index contributed by atoms with van der Waals surface area (Å²) in [5.41, 5.74) is 0.890. The first-order valence-electron chi connectivity index (χ1n) is 7.70. The molecule has 1 atom stereocenters. The van der Waals surface area contributed by atoms with E-state index in [1.165, 1.54) is 11.9 Å². The molecule has 0 radical (unpaired) electrons. The predicted octanol–water partition coefficient (Wildman–Crippen LogP) is 1.12. The number of imide groups is 1. The molecule has 2 heterocycles. The lowest BCUT2D eigenvalue weighted by Gasteiger charge is -2.31. The van der Waals surface area contributed by atoms with Crippen LogP contribution in [0.25, 0.3) is 0 Å². The van der Waals surface area contributed by atoms with Crippen LogP contribution in [0.15, 0.2) is 29.3 Å². The van der Waals surface area contributed by atoms with E-state index in [1.807, 2.05) is 35.8 Å². The van der Waals surface area contributed by atoms with E-state index < -0.39 is 6.04 Å². The highest BCUT2D eigenvalue weighted by atomic mass is 35.5. The molecule has 1 aromatic rings. The van der Waals surface area contributed by atoms with Crippen molar-refractivity contribution in [3.8, 4) is 0 Å². The lowest BCUT2D eigenvalue weighted by Crippen LogP contribution is -2.61. The first-order chi connectivity index (χ1) is 11.5. The minimum absolute atomic E-state index is 0.295. The number of carbonyl (C=O) groups excluding carboxylic acids is 2. The van der Waals surface area contributed by atoms with Gasteiger partial charge in [0.2, 0.25) is 11.9 Å². The molecule has 3 rings (SSSR count). The van der Waals surface area contributed by atoms with Crippen molar-refractivity contribution in [2.24, 2.45) is 4.99 Å². The highest BCUT2D eigenvalue weighted by Gasteiger charge is 2.51. The Morgan fingerprint density at radius 2 is 1.96 bits per heavy atom. The maximum atomic E-state index is 12.7. The molecule has 1 unspecified atom stereocenters. The fraction of sp³-hybridized carbons (Fsp3) is 0.375. The zero-order valence-electron chi connectivity index (χ0n) is 13.8. The molecule has 24 heavy (non-hydrogen) atoms. The van der Waals surface area contributed by atoms with Crippen LogP contribution in [0.1, 0.15) is 12.5 Å². The number of halogens is 1. The summed E-state index contributed by atoms with van der Waals surface area (Å²) in [6.07, 6.45) is 0. The van der Waals surface area contributed by atoms with Gasteiger partial charge in [0.05, 0.1) is 13.1 Å². The number of urea groups is 1. The molecule has 0 saturated carbocycles. The van der Waals surface area contributed by atoms with E-state index >= 15 is 0 Å². The molecule has 2 aliphatic rings. The normalized spacial score (nSPS) is 20.5. The van der Waals surface area contributed by atoms with Gasteiger partial charge >= 0.3 is 12.0 Å². The number of hydrogen-bond acceptors (Lipinski definition) is 4. The minimum Gasteiger partial charge on any atom is -0.275 e. The summed E-state index contributed by atoms with van der Waals surface area (Å²) in [5, 5.41) is 3.79. The number of nitrogens with one attached hydrogen (secondary N) is 1. The average Bonchev–Trinajstić information content (AvgIpc) is 2.92. The van der Waals surface area contributed by atoms with Gasteiger partial charge in [-0.05, 0) is 13.0 Å². The smallest absolute Gasteiger partial charge is 0.275 e. The molecule has 1 aromatic carbocycles. The van der Waals surface area contributed by atoms with E-state index in [4.69, 9.17) is 11.6 Å². The van der Waals surface area contributed by atoms with Gasteiger partial charge in [-0.1, -0.05) is 34.8 Å². The van der Waals surface area contributed by atoms with Crippen LogP contribution in [-0.4, -0.2) is 64.8 Å². The minimum atomic E-state index is -0.636. The molecule has 8 heteroatoms. The van der Waals surface area contributed by atoms with Gasteiger partial charge in [-0.3, -0.25) is 19.9 Å². The van der Waals surface area contributed by atoms with Gasteiger partial charge in [0.1, 0.15) is 0 Å². The standard InChI is InChI=1S/C16H18ClN5O2/c1-4-18-15-19-13-12(14(23)21(3)16(24)20(13)2)22(15)9-10-7-5-6-8-11(10)17/h5-8,12H,4,9H2,1-3H3/p+1. The van der Waals surface area contributed by atoms with Gasteiger partial charge in [-0.15, -0.1) is 0 Å². The van der Waals surface area contributed by atoms with Crippen molar-refractivity contribution in [3.05, 3.63) is 34.9 Å². The van der Waals surface area contributed by atoms with Crippen molar-refractivity contribution < 1.29 is 14.2 Å². The second-order valence-corrected chi connectivity index (χ2v) is 6.09. The maximum absolute atomic E-state index is 12.7. The number of fused-ring (bicyclic) bond motifs is 1. The Bertz CT molecular complexity index is 773. The van der Waals surface area contributed by atoms with Crippen LogP contribution in [-0.2, 0) is 11.3 Å². The van der Waals surface area contributed by atoms with Crippen LogP contribution in [0, 0.1) is 0 Å². The third-order valence-corrected chi connectivity index (χ3v) is 4.53. The molecule has 1 fully saturated rings. The van der Waals surface area contributed by atoms with Crippen molar-refractivity contribution in [1.29, 1.82) is 0 Å². The Morgan fingerprint density at radius 1 is 1.25 bits per heavy atom. The van der Waals surface area contributed by atoms with E-state index in [1.54, 1.807) is 7.05 Å². The molecule has 126 valence electrons. The van der Waals surface area contributed by atoms with Crippen molar-refractivity contribution in [2.45, 2.75) is 19.5 Å². The van der Waals surface area contributed by atoms with E-state index in [-0.39, 0.29) is 11.9 Å². The molecule has 0 aromatic heterocycles. The third kappa shape index (κ3) is 2.54. The fourth-order valence-electron chi connectivity index (χ4n) is 2.87. The number of amidine groups is 1. The van der Waals surface area contributed by atoms with Gasteiger partial charge in [0, 0.05) is 24.7 Å². The zero-order valence-corrected chi connectivity index (χ0v) is 14.5. The molecule has 3 amide bonds. The first kappa shape index (κ1) is 16.4. The fourth-order valence-corrected chi connectivity index (χ4v) is 3.07. The maximum Gasteiger partial charge on any atom is 0.390 e. The lowest BCUT2D eigenvalue weighted by molar-refractivity contribution is -0.552. The Hall–Kier alpha value is -2.41. The van der Waals surface area contributed by atoms with Crippen molar-refractivity contribution >= 4 is 35.3 Å². The molecule has 1 saturated heterocycles. The van der Waals surface area contributed by atoms with Crippen molar-refractivity contribution in [2.75, 3.05) is 20.6 Å². The Kier molecular flexibility index (Phi) is 4.28. The monoisotopic (exact) mass is 348 g/mol. The summed E-state index contributed by atoms with van der Waals surface area (Å²) in [6, 6.07) is 6.46. The van der Waals surface area contributed by atoms with Gasteiger partial charge in [-0.2, -0.15) is 0 Å². The number of likely N-dealkylation sites (N-methyl/N-ethyl adjacent to an activating group) is 2. The van der Waals surface area contributed by atoms with E-state index in [0.29, 0.717) is 29.9 Å². The van der Waals surface area contributed by atoms with Crippen LogP contribution in [0.5, 0.6) is 0 Å². The number of carbonyl (C=O) groups is 2. The number of amides is 3. The largest absolute Gasteiger partial charge is 0.390 e. The van der Waals surface area contributed by atoms with E-state index in [9.17, 15) is 9.59 Å². The predicted molar refractivity (Wildman–Crippen MR) is 91.3 cm³/mol. The Labute approximate surface area is 145 Å². The summed E-state index contributed by atoms with van der Waals surface area (Å²) in [4.78, 5) is 31.8. The van der Waals surface area contributed by atoms with E-state index in [0.717, 1.165) is 10.5 Å². The quantitative estimate of drug-likeness (QED) is 0.832. The summed E-state index contributed by atoms with van der Waals surface area (Å²) < 4.78 is 1.85. The van der Waals surface area contributed by atoms with Gasteiger partial charge in [0.25, 0.3) is 5.91 Å². The summed E-state index contributed by atoms with van der Waals surface area (Å²) in [6.45, 7) is 3.02. The molecular weight excluding hydrogens is 330 g/mol. The van der Waals surface area contributed by atoms with Gasteiger partial charge in [-0.25, -0.2) is 9.37 Å². The number of rotatable bonds is 3. The number of benzene rings is 1. The molecule has 0 aliphatic carbocycles. The molecular formula is C16H19ClN5O2+. The van der Waals surface area contributed by atoms with Crippen LogP contribution in [0.3, 0.4) is 0 Å². The highest BCUT2D eigenvalue weighted by molar-refractivity contribution is 6.31. The van der Waals surface area contributed by atoms with E-state index in [2.05, 4.69) is 10.3 Å². The SMILES string of the molecule is CCNC1=[N+](Cc2ccccc2Cl)C2C(=O)N(C)C(=O)N(C)C2=N1. The third-order valence-electron chi connectivity index (χ3n) is 4.16. The highest BCUT2D eigenvalue weighted by Crippen LogP contribution is 2.22. The van der Waals surface area contributed by atoms with Crippen LogP contribution in [0.2, 0.25) is 5.02 Å². The van der Waals surface area contributed by atoms with Crippen molar-refractivity contribution in [1.82, 2.24) is 15.1 Å². The van der Waals surface area contributed by atoms with Gasteiger partial charge < -0.3 is 0 Å². The number of aliphatic imine (C=N–C) groups is 1. The number of nitrogens with zero attached hydrogens (tertiary/aromatic N) is 4. The average molecular weight is 349 g/mol. The summed E-state index contributed by atoms with van der Waals surface area (Å²) in [7, 11) is 3.11. The van der Waals surface area contributed by atoms with Crippen LogP contribution in [0.4, 0.5) is 4.79 Å². The van der Waals surface area contributed by atoms with Crippen molar-refractivity contribution in [3.63, 3.8) is 0 Å². The summed E-state index contributed by atoms with van der Waals surface area (Å²) >= 11 is 6.27. The molecule has 2 aliphatic heterocycles. The van der Waals surface area contributed by atoms with Gasteiger partial charge in [0.15, 0.2) is 0 Å². The number of guanidine groups is 1. The second kappa shape index (κ2) is 6.24. The second-order valence-electron chi connectivity index (χ2n) is 5.68. The number of hydrogen-bond donors (Lipinski definition) is 1. The Balaban J connectivity index is 2.03. The topological polar surface area (TPSA) is 68.0 Å². The first-order valence-corrected chi connectivity index (χ1v) is 8.08. The summed E-state index contributed by atoms with van der Waals surface area (Å²) in [5.74, 6) is 0.712. The molecule has 1 N–H and O–H groups in total. The lowest BCUT2D eigenvalue weighted by atomic mass is 10.1. The van der Waals surface area contributed by atoms with Crippen LogP contribution >= 0.6 is 11.6 Å². The molecule has 0 bridgehead atoms. The molecule has 0 spiro atoms. The zero-order chi connectivity index (χ0) is 17.4. The van der Waals surface area contributed by atoms with Crippen LogP contribution < -0.4 is 5.32 Å².